The Bertz CT molecular complexity index is 1340. The normalized spacial score (nSPS) is 11.7. The van der Waals surface area contributed by atoms with E-state index in [9.17, 15) is 23.1 Å². The fourth-order valence-corrected chi connectivity index (χ4v) is 3.64. The third-order valence-corrected chi connectivity index (χ3v) is 5.14. The Morgan fingerprint density at radius 2 is 1.84 bits per heavy atom. The minimum atomic E-state index is -4.82. The average molecular weight is 444 g/mol. The molecule has 10 heteroatoms. The lowest BCUT2D eigenvalue weighted by atomic mass is 10.1. The van der Waals surface area contributed by atoms with Gasteiger partial charge in [0.05, 0.1) is 23.4 Å². The molecule has 4 rings (SSSR count). The number of alkyl halides is 3. The van der Waals surface area contributed by atoms with E-state index < -0.39 is 17.8 Å². The van der Waals surface area contributed by atoms with Crippen LogP contribution in [0.4, 0.5) is 18.9 Å². The number of pyridine rings is 1. The van der Waals surface area contributed by atoms with Crippen molar-refractivity contribution in [3.05, 3.63) is 76.5 Å². The van der Waals surface area contributed by atoms with Gasteiger partial charge in [0.1, 0.15) is 5.75 Å². The molecule has 7 nitrogen and oxygen atoms in total. The lowest BCUT2D eigenvalue weighted by Crippen LogP contribution is -2.24. The van der Waals surface area contributed by atoms with E-state index in [0.29, 0.717) is 5.69 Å². The predicted octanol–water partition coefficient (Wildman–Crippen LogP) is 4.19. The molecule has 0 aliphatic heterocycles. The lowest BCUT2D eigenvalue weighted by molar-refractivity contribution is -0.274. The molecule has 2 heterocycles. The Labute approximate surface area is 180 Å². The highest BCUT2D eigenvalue weighted by Gasteiger charge is 2.31. The van der Waals surface area contributed by atoms with Crippen LogP contribution in [0, 0.1) is 6.92 Å². The minimum absolute atomic E-state index is 0.165. The number of nitrogens with zero attached hydrogens (tertiary/aromatic N) is 3. The number of anilines is 1. The van der Waals surface area contributed by atoms with Crippen LogP contribution in [0.25, 0.3) is 16.6 Å². The molecule has 2 aromatic heterocycles. The molecule has 0 atom stereocenters. The number of rotatable bonds is 5. The quantitative estimate of drug-likeness (QED) is 0.483. The van der Waals surface area contributed by atoms with Crippen LogP contribution in [0.1, 0.15) is 11.3 Å². The second-order valence-corrected chi connectivity index (χ2v) is 7.07. The number of ether oxygens (including phenoxy) is 1. The third kappa shape index (κ3) is 3.86. The first-order valence-electron chi connectivity index (χ1n) is 9.61. The standard InChI is InChI=1S/C22H19F3N4O3/c1-13-20(30)29(15-6-8-16(9-7-15)32-22(23,24)25)21(31)28(13)12-14-10-11-27-18-5-3-4-17(26-2)19(14)18/h3-11,26,30H,12H2,1-2H3. The molecule has 0 unspecified atom stereocenters. The monoisotopic (exact) mass is 444 g/mol. The fourth-order valence-electron chi connectivity index (χ4n) is 3.64. The topological polar surface area (TPSA) is 81.3 Å². The van der Waals surface area contributed by atoms with Gasteiger partial charge < -0.3 is 15.2 Å². The van der Waals surface area contributed by atoms with Crippen molar-refractivity contribution in [2.24, 2.45) is 0 Å². The van der Waals surface area contributed by atoms with Crippen molar-refractivity contribution in [1.29, 1.82) is 0 Å². The Morgan fingerprint density at radius 3 is 2.50 bits per heavy atom. The van der Waals surface area contributed by atoms with Crippen molar-refractivity contribution in [2.75, 3.05) is 12.4 Å². The van der Waals surface area contributed by atoms with Gasteiger partial charge in [0, 0.05) is 24.3 Å². The summed E-state index contributed by atoms with van der Waals surface area (Å²) in [5, 5.41) is 14.6. The van der Waals surface area contributed by atoms with Crippen molar-refractivity contribution in [3.8, 4) is 17.3 Å². The van der Waals surface area contributed by atoms with Gasteiger partial charge in [0.25, 0.3) is 0 Å². The SMILES string of the molecule is CNc1cccc2nccc(Cn3c(C)c(O)n(-c4ccc(OC(F)(F)F)cc4)c3=O)c12. The van der Waals surface area contributed by atoms with E-state index in [1.165, 1.54) is 16.7 Å². The van der Waals surface area contributed by atoms with Gasteiger partial charge in [-0.15, -0.1) is 13.2 Å². The van der Waals surface area contributed by atoms with Gasteiger partial charge in [-0.3, -0.25) is 9.55 Å². The summed E-state index contributed by atoms with van der Waals surface area (Å²) in [4.78, 5) is 17.5. The highest BCUT2D eigenvalue weighted by atomic mass is 19.4. The molecule has 2 aromatic carbocycles. The summed E-state index contributed by atoms with van der Waals surface area (Å²) >= 11 is 0. The van der Waals surface area contributed by atoms with Gasteiger partial charge in [-0.2, -0.15) is 0 Å². The number of benzene rings is 2. The highest BCUT2D eigenvalue weighted by Crippen LogP contribution is 2.28. The van der Waals surface area contributed by atoms with Crippen LogP contribution < -0.4 is 15.7 Å². The number of hydrogen-bond acceptors (Lipinski definition) is 5. The maximum absolute atomic E-state index is 13.1. The molecule has 0 fully saturated rings. The lowest BCUT2D eigenvalue weighted by Gasteiger charge is -2.11. The number of aromatic hydroxyl groups is 1. The van der Waals surface area contributed by atoms with Gasteiger partial charge in [-0.1, -0.05) is 6.07 Å². The van der Waals surface area contributed by atoms with E-state index in [1.807, 2.05) is 18.2 Å². The molecule has 2 N–H and O–H groups in total. The van der Waals surface area contributed by atoms with E-state index in [-0.39, 0.29) is 18.1 Å². The molecular weight excluding hydrogens is 425 g/mol. The zero-order valence-electron chi connectivity index (χ0n) is 17.1. The number of halogens is 3. The number of hydrogen-bond donors (Lipinski definition) is 2. The van der Waals surface area contributed by atoms with Gasteiger partial charge >= 0.3 is 12.1 Å². The van der Waals surface area contributed by atoms with E-state index >= 15 is 0 Å². The molecule has 4 aromatic rings. The predicted molar refractivity (Wildman–Crippen MR) is 114 cm³/mol. The van der Waals surface area contributed by atoms with E-state index in [0.717, 1.165) is 38.9 Å². The zero-order valence-corrected chi connectivity index (χ0v) is 17.1. The third-order valence-electron chi connectivity index (χ3n) is 5.14. The number of imidazole rings is 1. The summed E-state index contributed by atoms with van der Waals surface area (Å²) in [7, 11) is 1.79. The summed E-state index contributed by atoms with van der Waals surface area (Å²) < 4.78 is 43.5. The van der Waals surface area contributed by atoms with Crippen LogP contribution in [-0.2, 0) is 6.54 Å². The summed E-state index contributed by atoms with van der Waals surface area (Å²) in [5.41, 5.74) is 2.41. The Kier molecular flexibility index (Phi) is 5.29. The first-order valence-corrected chi connectivity index (χ1v) is 9.61. The average Bonchev–Trinajstić information content (AvgIpc) is 2.96. The van der Waals surface area contributed by atoms with Crippen LogP contribution in [0.3, 0.4) is 0 Å². The second kappa shape index (κ2) is 7.95. The van der Waals surface area contributed by atoms with Gasteiger partial charge in [-0.25, -0.2) is 9.36 Å². The maximum Gasteiger partial charge on any atom is 0.573 e. The number of nitrogens with one attached hydrogen (secondary N) is 1. The van der Waals surface area contributed by atoms with Crippen LogP contribution in [0.2, 0.25) is 0 Å². The molecule has 0 bridgehead atoms. The van der Waals surface area contributed by atoms with Crippen LogP contribution in [0.5, 0.6) is 11.6 Å². The molecular formula is C22H19F3N4O3. The summed E-state index contributed by atoms with van der Waals surface area (Å²) in [6.07, 6.45) is -3.17. The minimum Gasteiger partial charge on any atom is -0.493 e. The number of fused-ring (bicyclic) bond motifs is 1. The Hall–Kier alpha value is -3.95. The van der Waals surface area contributed by atoms with Crippen LogP contribution in [0.15, 0.2) is 59.5 Å². The smallest absolute Gasteiger partial charge is 0.493 e. The first kappa shape index (κ1) is 21.3. The van der Waals surface area contributed by atoms with Crippen molar-refractivity contribution < 1.29 is 23.0 Å². The Balaban J connectivity index is 1.76. The molecule has 166 valence electrons. The van der Waals surface area contributed by atoms with Crippen molar-refractivity contribution in [3.63, 3.8) is 0 Å². The molecule has 0 saturated carbocycles. The molecule has 32 heavy (non-hydrogen) atoms. The largest absolute Gasteiger partial charge is 0.573 e. The second-order valence-electron chi connectivity index (χ2n) is 7.07. The van der Waals surface area contributed by atoms with Gasteiger partial charge in [0.15, 0.2) is 0 Å². The van der Waals surface area contributed by atoms with Gasteiger partial charge in [0.2, 0.25) is 5.88 Å². The first-order chi connectivity index (χ1) is 15.2. The molecule has 0 spiro atoms. The van der Waals surface area contributed by atoms with Crippen molar-refractivity contribution in [2.45, 2.75) is 19.8 Å². The van der Waals surface area contributed by atoms with Crippen molar-refractivity contribution in [1.82, 2.24) is 14.1 Å². The van der Waals surface area contributed by atoms with Crippen molar-refractivity contribution >= 4 is 16.6 Å². The number of aromatic nitrogens is 3. The van der Waals surface area contributed by atoms with E-state index in [4.69, 9.17) is 0 Å². The maximum atomic E-state index is 13.1. The van der Waals surface area contributed by atoms with E-state index in [2.05, 4.69) is 15.0 Å². The molecule has 0 radical (unpaired) electrons. The Morgan fingerprint density at radius 1 is 1.12 bits per heavy atom. The fraction of sp³-hybridized carbons (Fsp3) is 0.182. The highest BCUT2D eigenvalue weighted by molar-refractivity contribution is 5.94. The summed E-state index contributed by atoms with van der Waals surface area (Å²) in [6.45, 7) is 1.76. The molecule has 0 aliphatic rings. The zero-order chi connectivity index (χ0) is 23.0. The summed E-state index contributed by atoms with van der Waals surface area (Å²) in [5.74, 6) is -0.723. The molecule has 0 saturated heterocycles. The molecule has 0 amide bonds. The van der Waals surface area contributed by atoms with Crippen LogP contribution >= 0.6 is 0 Å². The van der Waals surface area contributed by atoms with E-state index in [1.54, 1.807) is 26.2 Å². The molecule has 0 aliphatic carbocycles. The summed E-state index contributed by atoms with van der Waals surface area (Å²) in [6, 6.07) is 12.1. The van der Waals surface area contributed by atoms with Crippen LogP contribution in [-0.4, -0.2) is 32.6 Å². The van der Waals surface area contributed by atoms with Gasteiger partial charge in [-0.05, 0) is 55.0 Å².